The maximum absolute atomic E-state index is 6.50. The van der Waals surface area contributed by atoms with E-state index in [-0.39, 0.29) is 5.41 Å². The first-order valence-corrected chi connectivity index (χ1v) is 17.5. The fourth-order valence-electron chi connectivity index (χ4n) is 6.54. The molecule has 3 heterocycles. The molecule has 0 amide bonds. The molecule has 2 saturated heterocycles. The Labute approximate surface area is 275 Å². The molecule has 2 aliphatic heterocycles. The predicted molar refractivity (Wildman–Crippen MR) is 188 cm³/mol. The topological polar surface area (TPSA) is 52.0 Å². The van der Waals surface area contributed by atoms with Crippen LogP contribution < -0.4 is 14.2 Å². The fourth-order valence-corrected chi connectivity index (χ4v) is 6.54. The van der Waals surface area contributed by atoms with Crippen molar-refractivity contribution in [1.82, 2.24) is 19.4 Å². The van der Waals surface area contributed by atoms with Crippen LogP contribution in [-0.4, -0.2) is 71.8 Å². The molecule has 4 aromatic rings. The standard InChI is InChI=1S/C39H52N4O3/c1-5-6-23-43-35-28-34(44-26-24-41-19-7-8-20-41)29-36(45-27-25-42-21-9-10-22-42)37(35)40-38(43)30-11-15-32(16-12-30)46-33-17-13-31(14-18-33)39(2,3)4/h11-18,28-29H,5-10,19-27H2,1-4H3. The van der Waals surface area contributed by atoms with Crippen LogP contribution in [-0.2, 0) is 12.0 Å². The van der Waals surface area contributed by atoms with Crippen LogP contribution in [0.2, 0.25) is 0 Å². The molecule has 2 fully saturated rings. The van der Waals surface area contributed by atoms with Gasteiger partial charge in [-0.05, 0) is 106 Å². The largest absolute Gasteiger partial charge is 0.492 e. The Morgan fingerprint density at radius 3 is 1.87 bits per heavy atom. The molecule has 6 rings (SSSR count). The minimum Gasteiger partial charge on any atom is -0.492 e. The minimum absolute atomic E-state index is 0.114. The SMILES string of the molecule is CCCCn1c(-c2ccc(Oc3ccc(C(C)(C)C)cc3)cc2)nc2c(OCCN3CCCC3)cc(OCCN3CCCC3)cc21. The summed E-state index contributed by atoms with van der Waals surface area (Å²) in [5.74, 6) is 4.26. The van der Waals surface area contributed by atoms with Gasteiger partial charge >= 0.3 is 0 Å². The Morgan fingerprint density at radius 2 is 1.28 bits per heavy atom. The third-order valence-corrected chi connectivity index (χ3v) is 9.34. The lowest BCUT2D eigenvalue weighted by Gasteiger charge is -2.19. The number of hydrogen-bond donors (Lipinski definition) is 0. The van der Waals surface area contributed by atoms with Crippen molar-refractivity contribution >= 4 is 11.0 Å². The number of benzene rings is 3. The van der Waals surface area contributed by atoms with Crippen molar-refractivity contribution in [3.8, 4) is 34.4 Å². The molecule has 7 heteroatoms. The first-order valence-electron chi connectivity index (χ1n) is 17.5. The summed E-state index contributed by atoms with van der Waals surface area (Å²) in [7, 11) is 0. The third-order valence-electron chi connectivity index (χ3n) is 9.34. The molecule has 0 N–H and O–H groups in total. The second-order valence-electron chi connectivity index (χ2n) is 13.9. The van der Waals surface area contributed by atoms with E-state index in [2.05, 4.69) is 90.6 Å². The summed E-state index contributed by atoms with van der Waals surface area (Å²) in [6, 6.07) is 20.9. The molecule has 0 bridgehead atoms. The summed E-state index contributed by atoms with van der Waals surface area (Å²) < 4.78 is 21.4. The van der Waals surface area contributed by atoms with Crippen molar-refractivity contribution in [1.29, 1.82) is 0 Å². The van der Waals surface area contributed by atoms with Crippen molar-refractivity contribution in [2.24, 2.45) is 0 Å². The van der Waals surface area contributed by atoms with Crippen LogP contribution in [0.15, 0.2) is 60.7 Å². The molecule has 0 spiro atoms. The lowest BCUT2D eigenvalue weighted by atomic mass is 9.87. The smallest absolute Gasteiger partial charge is 0.150 e. The fraction of sp³-hybridized carbons (Fsp3) is 0.513. The van der Waals surface area contributed by atoms with Crippen LogP contribution in [0.5, 0.6) is 23.0 Å². The maximum atomic E-state index is 6.50. The molecule has 0 unspecified atom stereocenters. The van der Waals surface area contributed by atoms with Gasteiger partial charge in [0.1, 0.15) is 41.8 Å². The number of ether oxygens (including phenoxy) is 3. The summed E-state index contributed by atoms with van der Waals surface area (Å²) >= 11 is 0. The van der Waals surface area contributed by atoms with Crippen LogP contribution >= 0.6 is 0 Å². The van der Waals surface area contributed by atoms with E-state index in [9.17, 15) is 0 Å². The number of fused-ring (bicyclic) bond motifs is 1. The van der Waals surface area contributed by atoms with E-state index in [1.54, 1.807) is 0 Å². The van der Waals surface area contributed by atoms with Crippen molar-refractivity contribution in [2.45, 2.75) is 78.2 Å². The Kier molecular flexibility index (Phi) is 10.5. The van der Waals surface area contributed by atoms with E-state index < -0.39 is 0 Å². The number of nitrogens with zero attached hydrogens (tertiary/aromatic N) is 4. The van der Waals surface area contributed by atoms with Gasteiger partial charge in [0, 0.05) is 37.3 Å². The van der Waals surface area contributed by atoms with Crippen molar-refractivity contribution < 1.29 is 14.2 Å². The highest BCUT2D eigenvalue weighted by Gasteiger charge is 2.20. The number of likely N-dealkylation sites (tertiary alicyclic amines) is 2. The van der Waals surface area contributed by atoms with Gasteiger partial charge < -0.3 is 18.8 Å². The number of aryl methyl sites for hydroxylation is 1. The molecular weight excluding hydrogens is 572 g/mol. The van der Waals surface area contributed by atoms with Gasteiger partial charge in [-0.3, -0.25) is 9.80 Å². The Hall–Kier alpha value is -3.55. The van der Waals surface area contributed by atoms with E-state index >= 15 is 0 Å². The normalized spacial score (nSPS) is 16.0. The second kappa shape index (κ2) is 14.9. The number of hydrogen-bond acceptors (Lipinski definition) is 6. The Balaban J connectivity index is 1.26. The highest BCUT2D eigenvalue weighted by molar-refractivity contribution is 5.87. The van der Waals surface area contributed by atoms with Crippen LogP contribution in [0.4, 0.5) is 0 Å². The van der Waals surface area contributed by atoms with Crippen LogP contribution in [0, 0.1) is 0 Å². The van der Waals surface area contributed by atoms with E-state index in [1.807, 2.05) is 12.1 Å². The number of imidazole rings is 1. The summed E-state index contributed by atoms with van der Waals surface area (Å²) in [6.45, 7) is 17.7. The van der Waals surface area contributed by atoms with E-state index in [4.69, 9.17) is 19.2 Å². The molecule has 0 saturated carbocycles. The first-order chi connectivity index (χ1) is 22.4. The van der Waals surface area contributed by atoms with Gasteiger partial charge in [-0.15, -0.1) is 0 Å². The van der Waals surface area contributed by atoms with Crippen LogP contribution in [0.3, 0.4) is 0 Å². The van der Waals surface area contributed by atoms with Gasteiger partial charge in [0.25, 0.3) is 0 Å². The highest BCUT2D eigenvalue weighted by atomic mass is 16.5. The highest BCUT2D eigenvalue weighted by Crippen LogP contribution is 2.36. The molecule has 1 aromatic heterocycles. The average Bonchev–Trinajstić information content (AvgIpc) is 3.83. The van der Waals surface area contributed by atoms with E-state index in [1.165, 1.54) is 44.3 Å². The summed E-state index contributed by atoms with van der Waals surface area (Å²) in [5.41, 5.74) is 4.43. The van der Waals surface area contributed by atoms with Gasteiger partial charge in [-0.2, -0.15) is 0 Å². The number of aromatic nitrogens is 2. The lowest BCUT2D eigenvalue weighted by Crippen LogP contribution is -2.25. The van der Waals surface area contributed by atoms with Crippen LogP contribution in [0.25, 0.3) is 22.4 Å². The first kappa shape index (κ1) is 32.4. The molecule has 3 aromatic carbocycles. The summed E-state index contributed by atoms with van der Waals surface area (Å²) in [5, 5.41) is 0. The molecule has 0 aliphatic carbocycles. The Bertz CT molecular complexity index is 1540. The van der Waals surface area contributed by atoms with Gasteiger partial charge in [0.2, 0.25) is 0 Å². The van der Waals surface area contributed by atoms with E-state index in [0.29, 0.717) is 13.2 Å². The lowest BCUT2D eigenvalue weighted by molar-refractivity contribution is 0.231. The van der Waals surface area contributed by atoms with Gasteiger partial charge in [0.05, 0.1) is 5.52 Å². The van der Waals surface area contributed by atoms with Crippen molar-refractivity contribution in [3.05, 3.63) is 66.2 Å². The van der Waals surface area contributed by atoms with Crippen LogP contribution in [0.1, 0.15) is 71.8 Å². The van der Waals surface area contributed by atoms with Gasteiger partial charge in [0.15, 0.2) is 5.75 Å². The van der Waals surface area contributed by atoms with Crippen molar-refractivity contribution in [3.63, 3.8) is 0 Å². The van der Waals surface area contributed by atoms with Gasteiger partial charge in [-0.25, -0.2) is 4.98 Å². The monoisotopic (exact) mass is 624 g/mol. The molecule has 0 atom stereocenters. The molecule has 246 valence electrons. The number of rotatable bonds is 14. The zero-order chi connectivity index (χ0) is 31.9. The van der Waals surface area contributed by atoms with Gasteiger partial charge in [-0.1, -0.05) is 46.2 Å². The molecule has 0 radical (unpaired) electrons. The maximum Gasteiger partial charge on any atom is 0.150 e. The zero-order valence-corrected chi connectivity index (χ0v) is 28.4. The quantitative estimate of drug-likeness (QED) is 0.140. The molecular formula is C39H52N4O3. The minimum atomic E-state index is 0.114. The zero-order valence-electron chi connectivity index (χ0n) is 28.4. The molecule has 46 heavy (non-hydrogen) atoms. The van der Waals surface area contributed by atoms with Crippen molar-refractivity contribution in [2.75, 3.05) is 52.5 Å². The Morgan fingerprint density at radius 1 is 0.696 bits per heavy atom. The summed E-state index contributed by atoms with van der Waals surface area (Å²) in [4.78, 5) is 10.2. The second-order valence-corrected chi connectivity index (χ2v) is 13.9. The summed E-state index contributed by atoms with van der Waals surface area (Å²) in [6.07, 6.45) is 7.31. The van der Waals surface area contributed by atoms with E-state index in [0.717, 1.165) is 91.0 Å². The molecule has 7 nitrogen and oxygen atoms in total. The molecule has 2 aliphatic rings. The third kappa shape index (κ3) is 8.05. The predicted octanol–water partition coefficient (Wildman–Crippen LogP) is 8.54. The number of unbranched alkanes of at least 4 members (excludes halogenated alkanes) is 1. The average molecular weight is 625 g/mol.